The van der Waals surface area contributed by atoms with E-state index >= 15 is 0 Å². The fraction of sp³-hybridized carbons (Fsp3) is 0.217. The van der Waals surface area contributed by atoms with E-state index in [1.54, 1.807) is 45.6 Å². The standard InChI is InChI=1S/C23H22N2O5S/c1-13-5-7-17-21(9-13)31-23(24-17)25-22(26)18-8-6-14(30-18)10-16-19(28-3)11-15(27-2)12-20(16)29-4/h5-9,11-12H,10H2,1-4H3,(H,24,25,26). The van der Waals surface area contributed by atoms with Crippen LogP contribution in [0.25, 0.3) is 10.2 Å². The van der Waals surface area contributed by atoms with Gasteiger partial charge in [0.15, 0.2) is 10.9 Å². The van der Waals surface area contributed by atoms with Crippen LogP contribution in [0.1, 0.15) is 27.4 Å². The summed E-state index contributed by atoms with van der Waals surface area (Å²) in [4.78, 5) is 17.1. The number of anilines is 1. The van der Waals surface area contributed by atoms with E-state index < -0.39 is 0 Å². The summed E-state index contributed by atoms with van der Waals surface area (Å²) < 4.78 is 23.1. The van der Waals surface area contributed by atoms with E-state index in [-0.39, 0.29) is 11.7 Å². The van der Waals surface area contributed by atoms with Crippen LogP contribution in [0.3, 0.4) is 0 Å². The van der Waals surface area contributed by atoms with Crippen molar-refractivity contribution in [3.8, 4) is 17.2 Å². The molecule has 0 radical (unpaired) electrons. The van der Waals surface area contributed by atoms with Crippen LogP contribution in [0, 0.1) is 6.92 Å². The van der Waals surface area contributed by atoms with E-state index in [2.05, 4.69) is 10.3 Å². The maximum atomic E-state index is 12.6. The Kier molecular flexibility index (Phi) is 5.81. The molecule has 160 valence electrons. The summed E-state index contributed by atoms with van der Waals surface area (Å²) >= 11 is 1.43. The van der Waals surface area contributed by atoms with Gasteiger partial charge in [-0.1, -0.05) is 17.4 Å². The molecule has 4 aromatic rings. The van der Waals surface area contributed by atoms with E-state index in [1.165, 1.54) is 11.3 Å². The van der Waals surface area contributed by atoms with Crippen molar-refractivity contribution in [1.29, 1.82) is 0 Å². The minimum atomic E-state index is -0.351. The predicted molar refractivity (Wildman–Crippen MR) is 120 cm³/mol. The number of nitrogens with one attached hydrogen (secondary N) is 1. The molecular weight excluding hydrogens is 416 g/mol. The van der Waals surface area contributed by atoms with E-state index in [9.17, 15) is 4.79 Å². The van der Waals surface area contributed by atoms with Crippen LogP contribution in [0.2, 0.25) is 0 Å². The van der Waals surface area contributed by atoms with Crippen LogP contribution in [-0.2, 0) is 6.42 Å². The number of rotatable bonds is 7. The van der Waals surface area contributed by atoms with Gasteiger partial charge in [0.05, 0.1) is 31.5 Å². The number of hydrogen-bond donors (Lipinski definition) is 1. The maximum absolute atomic E-state index is 12.6. The van der Waals surface area contributed by atoms with Gasteiger partial charge < -0.3 is 18.6 Å². The molecule has 2 heterocycles. The minimum absolute atomic E-state index is 0.205. The lowest BCUT2D eigenvalue weighted by Gasteiger charge is -2.14. The summed E-state index contributed by atoms with van der Waals surface area (Å²) in [6, 6.07) is 13.0. The van der Waals surface area contributed by atoms with Crippen LogP contribution in [0.15, 0.2) is 46.9 Å². The Hall–Kier alpha value is -3.52. The maximum Gasteiger partial charge on any atom is 0.293 e. The number of carbonyl (C=O) groups excluding carboxylic acids is 1. The first kappa shape index (κ1) is 20.7. The van der Waals surface area contributed by atoms with Crippen LogP contribution < -0.4 is 19.5 Å². The molecule has 0 aliphatic heterocycles. The van der Waals surface area contributed by atoms with Gasteiger partial charge in [0.25, 0.3) is 5.91 Å². The van der Waals surface area contributed by atoms with E-state index in [1.807, 2.05) is 25.1 Å². The first-order valence-corrected chi connectivity index (χ1v) is 10.4. The van der Waals surface area contributed by atoms with Crippen molar-refractivity contribution in [2.75, 3.05) is 26.6 Å². The third-order valence-corrected chi connectivity index (χ3v) is 5.75. The fourth-order valence-electron chi connectivity index (χ4n) is 3.27. The molecule has 0 atom stereocenters. The molecule has 31 heavy (non-hydrogen) atoms. The first-order valence-electron chi connectivity index (χ1n) is 9.57. The third-order valence-electron chi connectivity index (χ3n) is 4.82. The second kappa shape index (κ2) is 8.69. The normalized spacial score (nSPS) is 10.8. The fourth-order valence-corrected chi connectivity index (χ4v) is 4.22. The largest absolute Gasteiger partial charge is 0.496 e. The molecule has 0 bridgehead atoms. The number of amides is 1. The number of nitrogens with zero attached hydrogens (tertiary/aromatic N) is 1. The molecule has 0 spiro atoms. The zero-order chi connectivity index (χ0) is 22.0. The van der Waals surface area contributed by atoms with Gasteiger partial charge in [0.2, 0.25) is 0 Å². The lowest BCUT2D eigenvalue weighted by Crippen LogP contribution is -2.10. The van der Waals surface area contributed by atoms with Gasteiger partial charge in [-0.25, -0.2) is 4.98 Å². The average molecular weight is 439 g/mol. The number of hydrogen-bond acceptors (Lipinski definition) is 7. The van der Waals surface area contributed by atoms with Gasteiger partial charge in [-0.3, -0.25) is 10.1 Å². The Morgan fingerprint density at radius 2 is 1.77 bits per heavy atom. The van der Waals surface area contributed by atoms with Crippen molar-refractivity contribution in [3.63, 3.8) is 0 Å². The third kappa shape index (κ3) is 4.34. The summed E-state index contributed by atoms with van der Waals surface area (Å²) in [5.74, 6) is 2.31. The van der Waals surface area contributed by atoms with Gasteiger partial charge in [-0.05, 0) is 36.8 Å². The van der Waals surface area contributed by atoms with Crippen molar-refractivity contribution in [3.05, 3.63) is 65.1 Å². The second-order valence-electron chi connectivity index (χ2n) is 6.90. The Labute approximate surface area is 183 Å². The molecule has 0 aliphatic rings. The molecule has 1 N–H and O–H groups in total. The number of aromatic nitrogens is 1. The topological polar surface area (TPSA) is 82.8 Å². The molecule has 0 unspecified atom stereocenters. The summed E-state index contributed by atoms with van der Waals surface area (Å²) in [7, 11) is 4.74. The highest BCUT2D eigenvalue weighted by molar-refractivity contribution is 7.22. The molecule has 2 aromatic heterocycles. The van der Waals surface area contributed by atoms with Gasteiger partial charge >= 0.3 is 0 Å². The number of thiazole rings is 1. The number of fused-ring (bicyclic) bond motifs is 1. The zero-order valence-electron chi connectivity index (χ0n) is 17.6. The Balaban J connectivity index is 1.53. The number of methoxy groups -OCH3 is 3. The monoisotopic (exact) mass is 438 g/mol. The quantitative estimate of drug-likeness (QED) is 0.434. The first-order chi connectivity index (χ1) is 15.0. The molecule has 2 aromatic carbocycles. The summed E-state index contributed by atoms with van der Waals surface area (Å²) in [5.41, 5.74) is 2.80. The van der Waals surface area contributed by atoms with Crippen molar-refractivity contribution in [2.45, 2.75) is 13.3 Å². The highest BCUT2D eigenvalue weighted by Gasteiger charge is 2.18. The molecule has 0 saturated heterocycles. The van der Waals surface area contributed by atoms with Gasteiger partial charge in [-0.2, -0.15) is 0 Å². The molecule has 1 amide bonds. The van der Waals surface area contributed by atoms with E-state index in [4.69, 9.17) is 18.6 Å². The zero-order valence-corrected chi connectivity index (χ0v) is 18.5. The highest BCUT2D eigenvalue weighted by Crippen LogP contribution is 2.36. The Bertz CT molecular complexity index is 1220. The van der Waals surface area contributed by atoms with Gasteiger partial charge in [-0.15, -0.1) is 0 Å². The van der Waals surface area contributed by atoms with Crippen molar-refractivity contribution in [2.24, 2.45) is 0 Å². The number of ether oxygens (including phenoxy) is 3. The van der Waals surface area contributed by atoms with Crippen LogP contribution in [0.4, 0.5) is 5.13 Å². The van der Waals surface area contributed by atoms with Crippen molar-refractivity contribution < 1.29 is 23.4 Å². The van der Waals surface area contributed by atoms with Gasteiger partial charge in [0, 0.05) is 24.1 Å². The van der Waals surface area contributed by atoms with Crippen LogP contribution >= 0.6 is 11.3 Å². The molecule has 0 saturated carbocycles. The predicted octanol–water partition coefficient (Wildman–Crippen LogP) is 5.07. The van der Waals surface area contributed by atoms with Crippen LogP contribution in [0.5, 0.6) is 17.2 Å². The molecule has 0 aliphatic carbocycles. The number of aryl methyl sites for hydroxylation is 1. The van der Waals surface area contributed by atoms with Crippen molar-refractivity contribution >= 4 is 32.6 Å². The smallest absolute Gasteiger partial charge is 0.293 e. The summed E-state index contributed by atoms with van der Waals surface area (Å²) in [6.45, 7) is 2.02. The highest BCUT2D eigenvalue weighted by atomic mass is 32.1. The Morgan fingerprint density at radius 3 is 2.45 bits per heavy atom. The average Bonchev–Trinajstić information content (AvgIpc) is 3.39. The van der Waals surface area contributed by atoms with Crippen molar-refractivity contribution in [1.82, 2.24) is 4.98 Å². The second-order valence-corrected chi connectivity index (χ2v) is 7.93. The SMILES string of the molecule is COc1cc(OC)c(Cc2ccc(C(=O)Nc3nc4ccc(C)cc4s3)o2)c(OC)c1. The Morgan fingerprint density at radius 1 is 1.03 bits per heavy atom. The number of carbonyl (C=O) groups is 1. The lowest BCUT2D eigenvalue weighted by molar-refractivity contribution is 0.0995. The number of benzene rings is 2. The van der Waals surface area contributed by atoms with E-state index in [0.717, 1.165) is 21.3 Å². The summed E-state index contributed by atoms with van der Waals surface area (Å²) in [5, 5.41) is 3.34. The van der Waals surface area contributed by atoms with E-state index in [0.29, 0.717) is 34.6 Å². The number of furan rings is 1. The molecule has 4 rings (SSSR count). The molecule has 7 nitrogen and oxygen atoms in total. The molecule has 8 heteroatoms. The van der Waals surface area contributed by atoms with Crippen LogP contribution in [-0.4, -0.2) is 32.2 Å². The molecular formula is C23H22N2O5S. The minimum Gasteiger partial charge on any atom is -0.496 e. The molecule has 0 fully saturated rings. The lowest BCUT2D eigenvalue weighted by atomic mass is 10.1. The van der Waals surface area contributed by atoms with Gasteiger partial charge in [0.1, 0.15) is 23.0 Å². The summed E-state index contributed by atoms with van der Waals surface area (Å²) in [6.07, 6.45) is 0.393.